The lowest BCUT2D eigenvalue weighted by Gasteiger charge is -2.01. The van der Waals surface area contributed by atoms with E-state index in [-0.39, 0.29) is 0 Å². The Morgan fingerprint density at radius 3 is 3.09 bits per heavy atom. The number of aliphatic hydroxyl groups excluding tert-OH is 1. The largest absolute Gasteiger partial charge is 0.386 e. The molecule has 0 aliphatic rings. The van der Waals surface area contributed by atoms with Gasteiger partial charge in [0.15, 0.2) is 0 Å². The van der Waals surface area contributed by atoms with Crippen LogP contribution in [0.1, 0.15) is 23.2 Å². The summed E-state index contributed by atoms with van der Waals surface area (Å²) in [4.78, 5) is 4.15. The van der Waals surface area contributed by atoms with Crippen LogP contribution in [-0.4, -0.2) is 10.1 Å². The number of hydrogen-bond donors (Lipinski definition) is 1. The van der Waals surface area contributed by atoms with E-state index in [2.05, 4.69) is 11.6 Å². The molecule has 0 bridgehead atoms. The van der Waals surface area contributed by atoms with E-state index < -0.39 is 6.10 Å². The first-order chi connectivity index (χ1) is 5.24. The van der Waals surface area contributed by atoms with E-state index in [0.717, 1.165) is 10.7 Å². The molecule has 60 valence electrons. The molecule has 0 saturated carbocycles. The fourth-order valence-corrected chi connectivity index (χ4v) is 1.58. The van der Waals surface area contributed by atoms with Gasteiger partial charge >= 0.3 is 0 Å². The number of aromatic nitrogens is 1. The van der Waals surface area contributed by atoms with Gasteiger partial charge < -0.3 is 5.11 Å². The van der Waals surface area contributed by atoms with Crippen molar-refractivity contribution in [3.63, 3.8) is 0 Å². The summed E-state index contributed by atoms with van der Waals surface area (Å²) in [5.41, 5.74) is 0.966. The Hall–Kier alpha value is -0.670. The molecular formula is C8H11NOS. The van der Waals surface area contributed by atoms with E-state index in [9.17, 15) is 5.11 Å². The fourth-order valence-electron chi connectivity index (χ4n) is 0.784. The maximum Gasteiger partial charge on any atom is 0.122 e. The highest BCUT2D eigenvalue weighted by molar-refractivity contribution is 7.09. The molecule has 3 heteroatoms. The molecule has 1 rings (SSSR count). The molecule has 0 amide bonds. The zero-order valence-electron chi connectivity index (χ0n) is 6.45. The molecule has 1 heterocycles. The number of aryl methyl sites for hydroxylation is 1. The maximum atomic E-state index is 9.41. The monoisotopic (exact) mass is 169 g/mol. The molecule has 0 fully saturated rings. The van der Waals surface area contributed by atoms with Crippen molar-refractivity contribution in [2.75, 3.05) is 0 Å². The smallest absolute Gasteiger partial charge is 0.122 e. The van der Waals surface area contributed by atoms with Crippen LogP contribution in [0.3, 0.4) is 0 Å². The van der Waals surface area contributed by atoms with Crippen molar-refractivity contribution in [3.05, 3.63) is 28.7 Å². The van der Waals surface area contributed by atoms with E-state index in [4.69, 9.17) is 0 Å². The molecule has 1 N–H and O–H groups in total. The van der Waals surface area contributed by atoms with Gasteiger partial charge in [0.2, 0.25) is 0 Å². The Morgan fingerprint density at radius 2 is 2.64 bits per heavy atom. The van der Waals surface area contributed by atoms with Crippen LogP contribution in [0.25, 0.3) is 0 Å². The highest BCUT2D eigenvalue weighted by Crippen LogP contribution is 2.20. The predicted octanol–water partition coefficient (Wildman–Crippen LogP) is 2.06. The maximum absolute atomic E-state index is 9.41. The summed E-state index contributed by atoms with van der Waals surface area (Å²) in [5, 5.41) is 12.1. The van der Waals surface area contributed by atoms with Gasteiger partial charge in [0.05, 0.1) is 0 Å². The lowest BCUT2D eigenvalue weighted by Crippen LogP contribution is -1.94. The molecule has 1 aromatic heterocycles. The van der Waals surface area contributed by atoms with Crippen LogP contribution in [0.15, 0.2) is 18.0 Å². The van der Waals surface area contributed by atoms with Crippen LogP contribution in [0.4, 0.5) is 0 Å². The summed E-state index contributed by atoms with van der Waals surface area (Å²) in [6.45, 7) is 5.47. The van der Waals surface area contributed by atoms with E-state index in [1.54, 1.807) is 6.08 Å². The summed E-state index contributed by atoms with van der Waals surface area (Å²) in [7, 11) is 0. The van der Waals surface area contributed by atoms with Crippen molar-refractivity contribution in [2.45, 2.75) is 19.4 Å². The molecule has 2 nitrogen and oxygen atoms in total. The van der Waals surface area contributed by atoms with Crippen LogP contribution < -0.4 is 0 Å². The molecule has 0 aromatic carbocycles. The zero-order valence-corrected chi connectivity index (χ0v) is 7.27. The third-order valence-corrected chi connectivity index (χ3v) is 2.38. The second kappa shape index (κ2) is 3.64. The van der Waals surface area contributed by atoms with Crippen molar-refractivity contribution < 1.29 is 5.11 Å². The highest BCUT2D eigenvalue weighted by Gasteiger charge is 2.08. The van der Waals surface area contributed by atoms with Crippen LogP contribution in [0.5, 0.6) is 0 Å². The van der Waals surface area contributed by atoms with Gasteiger partial charge in [0.1, 0.15) is 11.1 Å². The minimum Gasteiger partial charge on any atom is -0.386 e. The first-order valence-corrected chi connectivity index (χ1v) is 4.33. The quantitative estimate of drug-likeness (QED) is 0.702. The van der Waals surface area contributed by atoms with Gasteiger partial charge in [-0.3, -0.25) is 0 Å². The standard InChI is InChI=1S/C8H11NOS/c1-3-4-7(10)8-9-6(2)5-11-8/h3,5,7,10H,1,4H2,2H3/t7-/m1/s1. The molecule has 0 aliphatic heterocycles. The predicted molar refractivity (Wildman–Crippen MR) is 46.6 cm³/mol. The average molecular weight is 169 g/mol. The molecule has 0 saturated heterocycles. The van der Waals surface area contributed by atoms with Gasteiger partial charge in [0, 0.05) is 11.1 Å². The lowest BCUT2D eigenvalue weighted by molar-refractivity contribution is 0.181. The minimum absolute atomic E-state index is 0.466. The summed E-state index contributed by atoms with van der Waals surface area (Å²) in [6, 6.07) is 0. The van der Waals surface area contributed by atoms with E-state index in [1.807, 2.05) is 12.3 Å². The van der Waals surface area contributed by atoms with Gasteiger partial charge in [0.25, 0.3) is 0 Å². The molecular weight excluding hydrogens is 158 g/mol. The Bertz CT molecular complexity index is 244. The second-order valence-corrected chi connectivity index (χ2v) is 3.26. The number of aliphatic hydroxyl groups is 1. The highest BCUT2D eigenvalue weighted by atomic mass is 32.1. The molecule has 1 aromatic rings. The first kappa shape index (κ1) is 8.43. The van der Waals surface area contributed by atoms with Gasteiger partial charge in [-0.25, -0.2) is 4.98 Å². The van der Waals surface area contributed by atoms with Crippen molar-refractivity contribution in [1.29, 1.82) is 0 Å². The van der Waals surface area contributed by atoms with Crippen LogP contribution >= 0.6 is 11.3 Å². The topological polar surface area (TPSA) is 33.1 Å². The summed E-state index contributed by atoms with van der Waals surface area (Å²) < 4.78 is 0. The average Bonchev–Trinajstić information content (AvgIpc) is 2.36. The third-order valence-electron chi connectivity index (χ3n) is 1.31. The Balaban J connectivity index is 2.67. The van der Waals surface area contributed by atoms with Gasteiger partial charge in [-0.05, 0) is 13.3 Å². The minimum atomic E-state index is -0.466. The van der Waals surface area contributed by atoms with Gasteiger partial charge in [-0.2, -0.15) is 0 Å². The summed E-state index contributed by atoms with van der Waals surface area (Å²) >= 11 is 1.49. The Labute approximate surface area is 70.2 Å². The molecule has 0 unspecified atom stereocenters. The van der Waals surface area contributed by atoms with Gasteiger partial charge in [-0.15, -0.1) is 17.9 Å². The number of hydrogen-bond acceptors (Lipinski definition) is 3. The number of nitrogens with zero attached hydrogens (tertiary/aromatic N) is 1. The second-order valence-electron chi connectivity index (χ2n) is 2.37. The zero-order chi connectivity index (χ0) is 8.27. The molecule has 0 spiro atoms. The van der Waals surface area contributed by atoms with Crippen molar-refractivity contribution >= 4 is 11.3 Å². The van der Waals surface area contributed by atoms with E-state index >= 15 is 0 Å². The number of rotatable bonds is 3. The molecule has 1 atom stereocenters. The lowest BCUT2D eigenvalue weighted by atomic mass is 10.3. The third kappa shape index (κ3) is 2.13. The van der Waals surface area contributed by atoms with Crippen molar-refractivity contribution in [3.8, 4) is 0 Å². The van der Waals surface area contributed by atoms with Crippen molar-refractivity contribution in [2.24, 2.45) is 0 Å². The number of thiazole rings is 1. The Kier molecular flexibility index (Phi) is 2.79. The van der Waals surface area contributed by atoms with Gasteiger partial charge in [-0.1, -0.05) is 6.08 Å². The van der Waals surface area contributed by atoms with Crippen molar-refractivity contribution in [1.82, 2.24) is 4.98 Å². The van der Waals surface area contributed by atoms with Crippen LogP contribution in [0, 0.1) is 6.92 Å². The molecule has 0 radical (unpaired) electrons. The van der Waals surface area contributed by atoms with E-state index in [1.165, 1.54) is 11.3 Å². The SMILES string of the molecule is C=CC[C@@H](O)c1nc(C)cs1. The normalized spacial score (nSPS) is 12.9. The summed E-state index contributed by atoms with van der Waals surface area (Å²) in [6.07, 6.45) is 1.81. The summed E-state index contributed by atoms with van der Waals surface area (Å²) in [5.74, 6) is 0. The first-order valence-electron chi connectivity index (χ1n) is 3.45. The Morgan fingerprint density at radius 1 is 1.91 bits per heavy atom. The van der Waals surface area contributed by atoms with E-state index in [0.29, 0.717) is 6.42 Å². The van der Waals surface area contributed by atoms with Crippen LogP contribution in [0.2, 0.25) is 0 Å². The fraction of sp³-hybridized carbons (Fsp3) is 0.375. The van der Waals surface area contributed by atoms with Crippen LogP contribution in [-0.2, 0) is 0 Å². The molecule has 11 heavy (non-hydrogen) atoms. The molecule has 0 aliphatic carbocycles.